The van der Waals surface area contributed by atoms with Gasteiger partial charge in [0.05, 0.1) is 18.6 Å². The van der Waals surface area contributed by atoms with Crippen molar-refractivity contribution in [2.45, 2.75) is 19.6 Å². The summed E-state index contributed by atoms with van der Waals surface area (Å²) in [5.74, 6) is -0.937. The quantitative estimate of drug-likeness (QED) is 0.612. The minimum absolute atomic E-state index is 0.0156. The molecule has 0 spiro atoms. The lowest BCUT2D eigenvalue weighted by molar-refractivity contribution is -0.385. The highest BCUT2D eigenvalue weighted by Crippen LogP contribution is 2.27. The van der Waals surface area contributed by atoms with Gasteiger partial charge in [0, 0.05) is 6.07 Å². The van der Waals surface area contributed by atoms with Crippen molar-refractivity contribution in [3.05, 3.63) is 33.9 Å². The van der Waals surface area contributed by atoms with Gasteiger partial charge in [-0.05, 0) is 18.6 Å². The third kappa shape index (κ3) is 3.42. The molecule has 7 nitrogen and oxygen atoms in total. The van der Waals surface area contributed by atoms with Gasteiger partial charge in [-0.2, -0.15) is 0 Å². The first kappa shape index (κ1) is 13.9. The largest absolute Gasteiger partial charge is 0.490 e. The number of benzene rings is 1. The molecule has 0 aliphatic carbocycles. The Morgan fingerprint density at radius 3 is 2.72 bits per heavy atom. The molecule has 0 aliphatic rings. The molecular formula is C11H13NO6. The molecule has 0 saturated carbocycles. The molecule has 0 amide bonds. The van der Waals surface area contributed by atoms with Crippen LogP contribution in [-0.2, 0) is 16.1 Å². The Hall–Kier alpha value is -2.15. The van der Waals surface area contributed by atoms with E-state index in [1.807, 2.05) is 0 Å². The molecule has 0 heterocycles. The van der Waals surface area contributed by atoms with Crippen LogP contribution in [0.15, 0.2) is 18.2 Å². The van der Waals surface area contributed by atoms with Gasteiger partial charge in [-0.3, -0.25) is 10.1 Å². The summed E-state index contributed by atoms with van der Waals surface area (Å²) in [6.07, 6.45) is -0.967. The standard InChI is InChI=1S/C11H13NO6/c1-7(11(13)14)18-6-8-3-4-10(17-2)9(5-8)12(15)16/h3-5,7H,6H2,1-2H3,(H,13,14)/t7-/m1/s1. The Balaban J connectivity index is 2.82. The molecule has 0 bridgehead atoms. The van der Waals surface area contributed by atoms with Gasteiger partial charge in [-0.1, -0.05) is 6.07 Å². The SMILES string of the molecule is COc1ccc(CO[C@H](C)C(=O)O)cc1[N+](=O)[O-]. The predicted octanol–water partition coefficient (Wildman–Crippen LogP) is 1.59. The molecule has 1 aromatic rings. The number of nitro groups is 1. The molecule has 0 saturated heterocycles. The zero-order chi connectivity index (χ0) is 13.7. The van der Waals surface area contributed by atoms with Crippen molar-refractivity contribution in [2.75, 3.05) is 7.11 Å². The second kappa shape index (κ2) is 5.97. The molecule has 0 radical (unpaired) electrons. The zero-order valence-corrected chi connectivity index (χ0v) is 9.95. The van der Waals surface area contributed by atoms with E-state index < -0.39 is 17.0 Å². The lowest BCUT2D eigenvalue weighted by Gasteiger charge is -2.09. The van der Waals surface area contributed by atoms with Gasteiger partial charge in [-0.15, -0.1) is 0 Å². The average molecular weight is 255 g/mol. The summed E-state index contributed by atoms with van der Waals surface area (Å²) in [5, 5.41) is 19.4. The fourth-order valence-electron chi connectivity index (χ4n) is 1.26. The van der Waals surface area contributed by atoms with E-state index in [1.54, 1.807) is 6.07 Å². The smallest absolute Gasteiger partial charge is 0.332 e. The van der Waals surface area contributed by atoms with Crippen molar-refractivity contribution >= 4 is 11.7 Å². The summed E-state index contributed by atoms with van der Waals surface area (Å²) in [5.41, 5.74) is 0.331. The summed E-state index contributed by atoms with van der Waals surface area (Å²) in [4.78, 5) is 20.7. The third-order valence-corrected chi connectivity index (χ3v) is 2.29. The van der Waals surface area contributed by atoms with Crippen LogP contribution in [0, 0.1) is 10.1 Å². The van der Waals surface area contributed by atoms with Crippen LogP contribution >= 0.6 is 0 Å². The van der Waals surface area contributed by atoms with Crippen LogP contribution in [0.1, 0.15) is 12.5 Å². The lowest BCUT2D eigenvalue weighted by atomic mass is 10.2. The minimum atomic E-state index is -1.09. The highest BCUT2D eigenvalue weighted by Gasteiger charge is 2.16. The van der Waals surface area contributed by atoms with E-state index in [0.29, 0.717) is 5.56 Å². The van der Waals surface area contributed by atoms with Gasteiger partial charge in [-0.25, -0.2) is 4.79 Å². The van der Waals surface area contributed by atoms with Crippen LogP contribution in [0.4, 0.5) is 5.69 Å². The van der Waals surface area contributed by atoms with Gasteiger partial charge >= 0.3 is 11.7 Å². The van der Waals surface area contributed by atoms with Gasteiger partial charge in [0.15, 0.2) is 11.9 Å². The fourth-order valence-corrected chi connectivity index (χ4v) is 1.26. The van der Waals surface area contributed by atoms with E-state index >= 15 is 0 Å². The number of carbonyl (C=O) groups is 1. The molecule has 7 heteroatoms. The van der Waals surface area contributed by atoms with E-state index in [2.05, 4.69) is 0 Å². The van der Waals surface area contributed by atoms with Gasteiger partial charge in [0.25, 0.3) is 0 Å². The number of hydrogen-bond acceptors (Lipinski definition) is 5. The fraction of sp³-hybridized carbons (Fsp3) is 0.364. The first-order valence-corrected chi connectivity index (χ1v) is 5.11. The zero-order valence-electron chi connectivity index (χ0n) is 9.95. The predicted molar refractivity (Wildman–Crippen MR) is 61.5 cm³/mol. The van der Waals surface area contributed by atoms with Crippen LogP contribution in [0.3, 0.4) is 0 Å². The Kier molecular flexibility index (Phi) is 4.61. The number of nitro benzene ring substituents is 1. The summed E-state index contributed by atoms with van der Waals surface area (Å²) >= 11 is 0. The van der Waals surface area contributed by atoms with Gasteiger partial charge in [0.2, 0.25) is 0 Å². The Bertz CT molecular complexity index is 459. The Labute approximate surface area is 103 Å². The van der Waals surface area contributed by atoms with Crippen molar-refractivity contribution in [1.29, 1.82) is 0 Å². The van der Waals surface area contributed by atoms with Crippen LogP contribution in [0.25, 0.3) is 0 Å². The monoisotopic (exact) mass is 255 g/mol. The van der Waals surface area contributed by atoms with E-state index in [4.69, 9.17) is 14.6 Å². The average Bonchev–Trinajstić information content (AvgIpc) is 2.35. The van der Waals surface area contributed by atoms with Crippen LogP contribution < -0.4 is 4.74 Å². The van der Waals surface area contributed by atoms with Crippen molar-refractivity contribution in [1.82, 2.24) is 0 Å². The molecule has 0 aliphatic heterocycles. The molecule has 1 atom stereocenters. The van der Waals surface area contributed by atoms with Crippen LogP contribution in [-0.4, -0.2) is 29.2 Å². The molecule has 0 fully saturated rings. The van der Waals surface area contributed by atoms with Gasteiger partial charge < -0.3 is 14.6 Å². The first-order valence-electron chi connectivity index (χ1n) is 5.11. The molecule has 0 unspecified atom stereocenters. The van der Waals surface area contributed by atoms with E-state index in [1.165, 1.54) is 26.2 Å². The van der Waals surface area contributed by atoms with Crippen LogP contribution in [0.5, 0.6) is 5.75 Å². The number of carboxylic acids is 1. The molecule has 1 N–H and O–H groups in total. The Morgan fingerprint density at radius 1 is 1.56 bits per heavy atom. The van der Waals surface area contributed by atoms with Crippen LogP contribution in [0.2, 0.25) is 0 Å². The number of aliphatic carboxylic acids is 1. The number of ether oxygens (including phenoxy) is 2. The van der Waals surface area contributed by atoms with Crippen molar-refractivity contribution in [3.63, 3.8) is 0 Å². The number of rotatable bonds is 6. The number of hydrogen-bond donors (Lipinski definition) is 1. The summed E-state index contributed by atoms with van der Waals surface area (Å²) in [7, 11) is 1.34. The van der Waals surface area contributed by atoms with E-state index in [-0.39, 0.29) is 18.0 Å². The summed E-state index contributed by atoms with van der Waals surface area (Å²) < 4.78 is 9.88. The normalized spacial score (nSPS) is 11.9. The molecule has 98 valence electrons. The molecule has 0 aromatic heterocycles. The maximum absolute atomic E-state index is 10.8. The van der Waals surface area contributed by atoms with E-state index in [9.17, 15) is 14.9 Å². The molecule has 1 aromatic carbocycles. The third-order valence-electron chi connectivity index (χ3n) is 2.29. The topological polar surface area (TPSA) is 98.9 Å². The second-order valence-corrected chi connectivity index (χ2v) is 3.55. The van der Waals surface area contributed by atoms with Crippen molar-refractivity contribution < 1.29 is 24.3 Å². The minimum Gasteiger partial charge on any atom is -0.490 e. The molecule has 18 heavy (non-hydrogen) atoms. The molecular weight excluding hydrogens is 242 g/mol. The Morgan fingerprint density at radius 2 is 2.22 bits per heavy atom. The van der Waals surface area contributed by atoms with Crippen molar-refractivity contribution in [3.8, 4) is 5.75 Å². The summed E-state index contributed by atoms with van der Waals surface area (Å²) in [6, 6.07) is 4.33. The second-order valence-electron chi connectivity index (χ2n) is 3.55. The first-order chi connectivity index (χ1) is 8.45. The maximum atomic E-state index is 10.8. The highest BCUT2D eigenvalue weighted by atomic mass is 16.6. The van der Waals surface area contributed by atoms with Gasteiger partial charge in [0.1, 0.15) is 0 Å². The summed E-state index contributed by atoms with van der Waals surface area (Å²) in [6.45, 7) is 1.37. The highest BCUT2D eigenvalue weighted by molar-refractivity contribution is 5.71. The number of methoxy groups -OCH3 is 1. The number of nitrogens with zero attached hydrogens (tertiary/aromatic N) is 1. The van der Waals surface area contributed by atoms with E-state index in [0.717, 1.165) is 0 Å². The number of carboxylic acid groups (broad SMARTS) is 1. The van der Waals surface area contributed by atoms with Crippen molar-refractivity contribution in [2.24, 2.45) is 0 Å². The molecule has 1 rings (SSSR count). The lowest BCUT2D eigenvalue weighted by Crippen LogP contribution is -2.19. The maximum Gasteiger partial charge on any atom is 0.332 e.